The van der Waals surface area contributed by atoms with Crippen molar-refractivity contribution in [1.29, 1.82) is 0 Å². The summed E-state index contributed by atoms with van der Waals surface area (Å²) in [4.78, 5) is 12.8. The van der Waals surface area contributed by atoms with Crippen molar-refractivity contribution in [2.45, 2.75) is 46.6 Å². The van der Waals surface area contributed by atoms with Crippen LogP contribution in [-0.2, 0) is 12.0 Å². The monoisotopic (exact) mass is 432 g/mol. The van der Waals surface area contributed by atoms with Crippen LogP contribution in [0, 0.1) is 13.8 Å². The van der Waals surface area contributed by atoms with Crippen LogP contribution in [0.5, 0.6) is 5.75 Å². The Bertz CT molecular complexity index is 1060. The highest BCUT2D eigenvalue weighted by atomic mass is 35.5. The van der Waals surface area contributed by atoms with Crippen LogP contribution in [0.2, 0.25) is 5.02 Å². The fourth-order valence-corrected chi connectivity index (χ4v) is 3.59. The van der Waals surface area contributed by atoms with E-state index in [-0.39, 0.29) is 11.2 Å². The Morgan fingerprint density at radius 1 is 0.935 bits per heavy atom. The number of halogens is 1. The normalized spacial score (nSPS) is 11.7. The van der Waals surface area contributed by atoms with E-state index in [9.17, 15) is 4.79 Å². The van der Waals surface area contributed by atoms with Gasteiger partial charge in [-0.2, -0.15) is 0 Å². The second-order valence-corrected chi connectivity index (χ2v) is 9.35. The fourth-order valence-electron chi connectivity index (χ4n) is 3.46. The summed E-state index contributed by atoms with van der Waals surface area (Å²) in [6.45, 7) is 11.1. The van der Waals surface area contributed by atoms with Gasteiger partial charge in [0, 0.05) is 10.6 Å². The summed E-state index contributed by atoms with van der Waals surface area (Å²) < 4.78 is 5.82. The minimum Gasteiger partial charge on any atom is -0.489 e. The van der Waals surface area contributed by atoms with Crippen LogP contribution in [0.3, 0.4) is 0 Å². The van der Waals surface area contributed by atoms with Gasteiger partial charge >= 0.3 is 0 Å². The van der Waals surface area contributed by atoms with Crippen LogP contribution in [-0.4, -0.2) is 5.78 Å². The fraction of sp³-hybridized carbons (Fsp3) is 0.250. The van der Waals surface area contributed by atoms with Gasteiger partial charge in [-0.1, -0.05) is 74.8 Å². The van der Waals surface area contributed by atoms with Crippen molar-refractivity contribution in [2.75, 3.05) is 0 Å². The molecular weight excluding hydrogens is 404 g/mol. The maximum atomic E-state index is 12.8. The van der Waals surface area contributed by atoms with Gasteiger partial charge in [0.25, 0.3) is 0 Å². The summed E-state index contributed by atoms with van der Waals surface area (Å²) in [6.07, 6.45) is 3.50. The Morgan fingerprint density at radius 3 is 2.06 bits per heavy atom. The van der Waals surface area contributed by atoms with Crippen LogP contribution in [0.25, 0.3) is 6.08 Å². The Morgan fingerprint density at radius 2 is 1.52 bits per heavy atom. The number of ketones is 1. The maximum absolute atomic E-state index is 12.8. The van der Waals surface area contributed by atoms with Gasteiger partial charge in [0.1, 0.15) is 12.4 Å². The summed E-state index contributed by atoms with van der Waals surface area (Å²) >= 11 is 5.91. The van der Waals surface area contributed by atoms with E-state index in [1.807, 2.05) is 68.5 Å². The predicted molar refractivity (Wildman–Crippen MR) is 130 cm³/mol. The SMILES string of the molecule is Cc1cc(C(C)(C)C)cc(C)c1C(=O)C=Cc1ccc(OCc2ccc(Cl)cc2)cc1. The van der Waals surface area contributed by atoms with Gasteiger partial charge in [-0.15, -0.1) is 0 Å². The van der Waals surface area contributed by atoms with Crippen molar-refractivity contribution < 1.29 is 9.53 Å². The van der Waals surface area contributed by atoms with E-state index in [0.29, 0.717) is 11.6 Å². The minimum absolute atomic E-state index is 0.0264. The molecule has 3 heteroatoms. The number of rotatable bonds is 6. The first-order chi connectivity index (χ1) is 14.6. The van der Waals surface area contributed by atoms with E-state index >= 15 is 0 Å². The van der Waals surface area contributed by atoms with Crippen molar-refractivity contribution in [2.24, 2.45) is 0 Å². The molecule has 0 radical (unpaired) electrons. The van der Waals surface area contributed by atoms with Gasteiger partial charge < -0.3 is 4.74 Å². The summed E-state index contributed by atoms with van der Waals surface area (Å²) in [5, 5.41) is 0.713. The van der Waals surface area contributed by atoms with Crippen LogP contribution in [0.4, 0.5) is 0 Å². The second kappa shape index (κ2) is 9.53. The standard InChI is InChI=1S/C28H29ClO2/c1-19-16-23(28(3,4)5)17-20(2)27(19)26(30)15-10-21-8-13-25(14-9-21)31-18-22-6-11-24(29)12-7-22/h6-17H,18H2,1-5H3. The molecule has 0 aliphatic heterocycles. The number of carbonyl (C=O) groups excluding carboxylic acids is 1. The Labute approximate surface area is 190 Å². The molecule has 0 atom stereocenters. The van der Waals surface area contributed by atoms with Crippen molar-refractivity contribution >= 4 is 23.5 Å². The van der Waals surface area contributed by atoms with E-state index in [1.54, 1.807) is 6.08 Å². The number of hydrogen-bond acceptors (Lipinski definition) is 2. The third-order valence-electron chi connectivity index (χ3n) is 5.27. The molecule has 0 saturated heterocycles. The highest BCUT2D eigenvalue weighted by Crippen LogP contribution is 2.27. The van der Waals surface area contributed by atoms with Crippen LogP contribution in [0.1, 0.15) is 58.9 Å². The van der Waals surface area contributed by atoms with Gasteiger partial charge in [0.15, 0.2) is 5.78 Å². The van der Waals surface area contributed by atoms with Gasteiger partial charge in [-0.25, -0.2) is 0 Å². The summed E-state index contributed by atoms with van der Waals surface area (Å²) in [5.74, 6) is 0.807. The van der Waals surface area contributed by atoms with Crippen molar-refractivity contribution in [3.63, 3.8) is 0 Å². The molecule has 0 unspecified atom stereocenters. The lowest BCUT2D eigenvalue weighted by atomic mass is 9.83. The molecule has 0 amide bonds. The molecular formula is C28H29ClO2. The van der Waals surface area contributed by atoms with Gasteiger partial charge in [0.2, 0.25) is 0 Å². The lowest BCUT2D eigenvalue weighted by molar-refractivity contribution is 0.104. The zero-order chi connectivity index (χ0) is 22.6. The molecule has 0 aliphatic carbocycles. The topological polar surface area (TPSA) is 26.3 Å². The third kappa shape index (κ3) is 6.08. The summed E-state index contributed by atoms with van der Waals surface area (Å²) in [7, 11) is 0. The molecule has 0 aromatic heterocycles. The predicted octanol–water partition coefficient (Wildman–Crippen LogP) is 7.73. The third-order valence-corrected chi connectivity index (χ3v) is 5.52. The molecule has 31 heavy (non-hydrogen) atoms. The minimum atomic E-state index is 0.0264. The number of hydrogen-bond donors (Lipinski definition) is 0. The van der Waals surface area contributed by atoms with E-state index < -0.39 is 0 Å². The van der Waals surface area contributed by atoms with Crippen LogP contribution >= 0.6 is 11.6 Å². The highest BCUT2D eigenvalue weighted by molar-refractivity contribution is 6.30. The van der Waals surface area contributed by atoms with E-state index in [0.717, 1.165) is 33.6 Å². The summed E-state index contributed by atoms with van der Waals surface area (Å²) in [6, 6.07) is 19.6. The lowest BCUT2D eigenvalue weighted by Crippen LogP contribution is -2.13. The number of allylic oxidation sites excluding steroid dienone is 1. The van der Waals surface area contributed by atoms with Crippen molar-refractivity contribution in [3.8, 4) is 5.75 Å². The quantitative estimate of drug-likeness (QED) is 0.294. The van der Waals surface area contributed by atoms with Crippen LogP contribution < -0.4 is 4.74 Å². The van der Waals surface area contributed by atoms with Gasteiger partial charge in [-0.05, 0) is 77.4 Å². The smallest absolute Gasteiger partial charge is 0.186 e. The molecule has 0 fully saturated rings. The Hall–Kier alpha value is -2.84. The first kappa shape index (κ1) is 22.8. The molecule has 0 spiro atoms. The molecule has 0 heterocycles. The van der Waals surface area contributed by atoms with Crippen molar-refractivity contribution in [1.82, 2.24) is 0 Å². The highest BCUT2D eigenvalue weighted by Gasteiger charge is 2.18. The average Bonchev–Trinajstić information content (AvgIpc) is 2.71. The molecule has 3 aromatic rings. The molecule has 3 aromatic carbocycles. The molecule has 0 N–H and O–H groups in total. The maximum Gasteiger partial charge on any atom is 0.186 e. The zero-order valence-electron chi connectivity index (χ0n) is 18.8. The van der Waals surface area contributed by atoms with Crippen molar-refractivity contribution in [3.05, 3.63) is 105 Å². The Kier molecular flexibility index (Phi) is 7.02. The Balaban J connectivity index is 1.66. The molecule has 0 saturated carbocycles. The summed E-state index contributed by atoms with van der Waals surface area (Å²) in [5.41, 5.74) is 6.14. The molecule has 0 aliphatic rings. The first-order valence-electron chi connectivity index (χ1n) is 10.4. The van der Waals surface area contributed by atoms with E-state index in [2.05, 4.69) is 32.9 Å². The zero-order valence-corrected chi connectivity index (χ0v) is 19.6. The molecule has 0 bridgehead atoms. The average molecular weight is 433 g/mol. The van der Waals surface area contributed by atoms with Gasteiger partial charge in [0.05, 0.1) is 0 Å². The molecule has 3 rings (SSSR count). The number of carbonyl (C=O) groups is 1. The van der Waals surface area contributed by atoms with Gasteiger partial charge in [-0.3, -0.25) is 4.79 Å². The number of aryl methyl sites for hydroxylation is 2. The lowest BCUT2D eigenvalue weighted by Gasteiger charge is -2.21. The number of ether oxygens (including phenoxy) is 1. The van der Waals surface area contributed by atoms with Crippen LogP contribution in [0.15, 0.2) is 66.7 Å². The van der Waals surface area contributed by atoms with E-state index in [1.165, 1.54) is 5.56 Å². The number of benzene rings is 3. The molecule has 160 valence electrons. The first-order valence-corrected chi connectivity index (χ1v) is 10.8. The second-order valence-electron chi connectivity index (χ2n) is 8.92. The molecule has 2 nitrogen and oxygen atoms in total. The van der Waals surface area contributed by atoms with E-state index in [4.69, 9.17) is 16.3 Å². The largest absolute Gasteiger partial charge is 0.489 e.